The fraction of sp³-hybridized carbons (Fsp3) is 0.533. The van der Waals surface area contributed by atoms with E-state index in [9.17, 15) is 4.79 Å². The number of nitrogens with one attached hydrogen (secondary N) is 1. The van der Waals surface area contributed by atoms with E-state index in [4.69, 9.17) is 18.0 Å². The third-order valence-corrected chi connectivity index (χ3v) is 4.04. The summed E-state index contributed by atoms with van der Waals surface area (Å²) in [6, 6.07) is 3.97. The average molecular weight is 306 g/mol. The van der Waals surface area contributed by atoms with Crippen LogP contribution in [-0.2, 0) is 11.3 Å². The van der Waals surface area contributed by atoms with Gasteiger partial charge in [0.15, 0.2) is 0 Å². The lowest BCUT2D eigenvalue weighted by atomic mass is 9.96. The van der Waals surface area contributed by atoms with Crippen molar-refractivity contribution in [2.75, 3.05) is 19.6 Å². The summed E-state index contributed by atoms with van der Waals surface area (Å²) in [6.07, 6.45) is 3.99. The largest absolute Gasteiger partial charge is 0.388 e. The first-order valence-corrected chi connectivity index (χ1v) is 7.67. The SMILES string of the molecule is CC(=O)NCC1CCN(Cc2ccnc(C(N)=S)c2)CC1. The Bertz CT molecular complexity index is 512. The zero-order chi connectivity index (χ0) is 15.2. The zero-order valence-electron chi connectivity index (χ0n) is 12.3. The highest BCUT2D eigenvalue weighted by atomic mass is 32.1. The van der Waals surface area contributed by atoms with E-state index >= 15 is 0 Å². The molecule has 0 bridgehead atoms. The maximum absolute atomic E-state index is 10.9. The smallest absolute Gasteiger partial charge is 0.216 e. The van der Waals surface area contributed by atoms with Crippen LogP contribution in [0.4, 0.5) is 0 Å². The van der Waals surface area contributed by atoms with Crippen molar-refractivity contribution >= 4 is 23.1 Å². The highest BCUT2D eigenvalue weighted by Gasteiger charge is 2.19. The monoisotopic (exact) mass is 306 g/mol. The van der Waals surface area contributed by atoms with Crippen LogP contribution in [-0.4, -0.2) is 40.4 Å². The fourth-order valence-corrected chi connectivity index (χ4v) is 2.71. The van der Waals surface area contributed by atoms with Crippen molar-refractivity contribution in [3.8, 4) is 0 Å². The molecule has 0 atom stereocenters. The summed E-state index contributed by atoms with van der Waals surface area (Å²) in [7, 11) is 0. The molecule has 1 aliphatic heterocycles. The van der Waals surface area contributed by atoms with Crippen molar-refractivity contribution in [1.29, 1.82) is 0 Å². The number of piperidine rings is 1. The van der Waals surface area contributed by atoms with Crippen molar-refractivity contribution in [3.05, 3.63) is 29.6 Å². The molecule has 0 aromatic carbocycles. The van der Waals surface area contributed by atoms with E-state index in [2.05, 4.69) is 15.2 Å². The molecule has 21 heavy (non-hydrogen) atoms. The fourth-order valence-electron chi connectivity index (χ4n) is 2.60. The third-order valence-electron chi connectivity index (χ3n) is 3.83. The number of hydrogen-bond donors (Lipinski definition) is 2. The molecular formula is C15H22N4OS. The maximum Gasteiger partial charge on any atom is 0.216 e. The van der Waals surface area contributed by atoms with E-state index in [1.807, 2.05) is 12.1 Å². The van der Waals surface area contributed by atoms with E-state index in [-0.39, 0.29) is 5.91 Å². The second-order valence-electron chi connectivity index (χ2n) is 5.57. The second-order valence-corrected chi connectivity index (χ2v) is 6.01. The molecule has 1 saturated heterocycles. The molecular weight excluding hydrogens is 284 g/mol. The number of carbonyl (C=O) groups excluding carboxylic acids is 1. The van der Waals surface area contributed by atoms with Gasteiger partial charge in [-0.05, 0) is 49.5 Å². The van der Waals surface area contributed by atoms with E-state index in [1.165, 1.54) is 5.56 Å². The number of aromatic nitrogens is 1. The van der Waals surface area contributed by atoms with Gasteiger partial charge in [0.25, 0.3) is 0 Å². The number of hydrogen-bond acceptors (Lipinski definition) is 4. The van der Waals surface area contributed by atoms with Gasteiger partial charge in [0.1, 0.15) is 4.99 Å². The number of amides is 1. The van der Waals surface area contributed by atoms with Crippen LogP contribution in [0.25, 0.3) is 0 Å². The molecule has 0 radical (unpaired) electrons. The molecule has 3 N–H and O–H groups in total. The van der Waals surface area contributed by atoms with Crippen molar-refractivity contribution in [1.82, 2.24) is 15.2 Å². The van der Waals surface area contributed by atoms with Gasteiger partial charge in [0.05, 0.1) is 5.69 Å². The van der Waals surface area contributed by atoms with Crippen molar-refractivity contribution < 1.29 is 4.79 Å². The molecule has 0 saturated carbocycles. The Kier molecular flexibility index (Phi) is 5.64. The Labute approximate surface area is 130 Å². The predicted octanol–water partition coefficient (Wildman–Crippen LogP) is 1.06. The van der Waals surface area contributed by atoms with Crippen LogP contribution in [0, 0.1) is 5.92 Å². The van der Waals surface area contributed by atoms with E-state index in [1.54, 1.807) is 13.1 Å². The summed E-state index contributed by atoms with van der Waals surface area (Å²) in [5, 5.41) is 2.91. The standard InChI is InChI=1S/C15H22N4OS/c1-11(20)18-9-12-3-6-19(7-4-12)10-13-2-5-17-14(8-13)15(16)21/h2,5,8,12H,3-4,6-7,9-10H2,1H3,(H2,16,21)(H,18,20). The Morgan fingerprint density at radius 3 is 2.86 bits per heavy atom. The number of carbonyl (C=O) groups is 1. The lowest BCUT2D eigenvalue weighted by Gasteiger charge is -2.32. The topological polar surface area (TPSA) is 71.2 Å². The molecule has 1 aromatic heterocycles. The van der Waals surface area contributed by atoms with Crippen molar-refractivity contribution in [2.24, 2.45) is 11.7 Å². The molecule has 6 heteroatoms. The molecule has 1 aliphatic rings. The lowest BCUT2D eigenvalue weighted by molar-refractivity contribution is -0.119. The van der Waals surface area contributed by atoms with Gasteiger partial charge in [0.2, 0.25) is 5.91 Å². The summed E-state index contributed by atoms with van der Waals surface area (Å²) < 4.78 is 0. The van der Waals surface area contributed by atoms with Gasteiger partial charge in [-0.25, -0.2) is 0 Å². The Hall–Kier alpha value is -1.53. The number of nitrogens with zero attached hydrogens (tertiary/aromatic N) is 2. The van der Waals surface area contributed by atoms with Crippen LogP contribution in [0.5, 0.6) is 0 Å². The zero-order valence-corrected chi connectivity index (χ0v) is 13.2. The Morgan fingerprint density at radius 1 is 1.52 bits per heavy atom. The summed E-state index contributed by atoms with van der Waals surface area (Å²) in [5.74, 6) is 0.647. The van der Waals surface area contributed by atoms with Gasteiger partial charge in [-0.15, -0.1) is 0 Å². The average Bonchev–Trinajstić information content (AvgIpc) is 2.47. The number of likely N-dealkylation sites (tertiary alicyclic amines) is 1. The first kappa shape index (κ1) is 15.9. The maximum atomic E-state index is 10.9. The first-order chi connectivity index (χ1) is 10.0. The number of rotatable bonds is 5. The summed E-state index contributed by atoms with van der Waals surface area (Å²) in [6.45, 7) is 5.36. The number of nitrogens with two attached hydrogens (primary N) is 1. The van der Waals surface area contributed by atoms with E-state index < -0.39 is 0 Å². The summed E-state index contributed by atoms with van der Waals surface area (Å²) in [5.41, 5.74) is 7.48. The molecule has 2 rings (SSSR count). The third kappa shape index (κ3) is 5.06. The van der Waals surface area contributed by atoms with Crippen LogP contribution < -0.4 is 11.1 Å². The van der Waals surface area contributed by atoms with Gasteiger partial charge in [-0.2, -0.15) is 0 Å². The molecule has 114 valence electrons. The Balaban J connectivity index is 1.82. The summed E-state index contributed by atoms with van der Waals surface area (Å²) in [4.78, 5) is 17.8. The van der Waals surface area contributed by atoms with Crippen LogP contribution >= 0.6 is 12.2 Å². The highest BCUT2D eigenvalue weighted by Crippen LogP contribution is 2.18. The lowest BCUT2D eigenvalue weighted by Crippen LogP contribution is -2.37. The van der Waals surface area contributed by atoms with Crippen LogP contribution in [0.2, 0.25) is 0 Å². The molecule has 0 spiro atoms. The highest BCUT2D eigenvalue weighted by molar-refractivity contribution is 7.80. The molecule has 1 aromatic rings. The number of pyridine rings is 1. The predicted molar refractivity (Wildman–Crippen MR) is 86.8 cm³/mol. The molecule has 1 amide bonds. The van der Waals surface area contributed by atoms with Crippen LogP contribution in [0.15, 0.2) is 18.3 Å². The van der Waals surface area contributed by atoms with Gasteiger partial charge in [-0.3, -0.25) is 14.7 Å². The Morgan fingerprint density at radius 2 is 2.24 bits per heavy atom. The molecule has 0 aliphatic carbocycles. The van der Waals surface area contributed by atoms with Crippen molar-refractivity contribution in [3.63, 3.8) is 0 Å². The second kappa shape index (κ2) is 7.47. The van der Waals surface area contributed by atoms with Gasteiger partial charge in [-0.1, -0.05) is 12.2 Å². The minimum atomic E-state index is 0.0551. The molecule has 5 nitrogen and oxygen atoms in total. The number of thiocarbonyl (C=S) groups is 1. The quantitative estimate of drug-likeness (QED) is 0.796. The minimum absolute atomic E-state index is 0.0551. The van der Waals surface area contributed by atoms with Crippen LogP contribution in [0.3, 0.4) is 0 Å². The summed E-state index contributed by atoms with van der Waals surface area (Å²) >= 11 is 4.96. The molecule has 0 unspecified atom stereocenters. The van der Waals surface area contributed by atoms with Crippen molar-refractivity contribution in [2.45, 2.75) is 26.3 Å². The minimum Gasteiger partial charge on any atom is -0.388 e. The van der Waals surface area contributed by atoms with E-state index in [0.717, 1.165) is 39.0 Å². The van der Waals surface area contributed by atoms with Gasteiger partial charge in [0, 0.05) is 26.2 Å². The van der Waals surface area contributed by atoms with Crippen LogP contribution in [0.1, 0.15) is 31.0 Å². The normalized spacial score (nSPS) is 16.6. The molecule has 2 heterocycles. The molecule has 1 fully saturated rings. The van der Waals surface area contributed by atoms with Gasteiger partial charge >= 0.3 is 0 Å². The van der Waals surface area contributed by atoms with Gasteiger partial charge < -0.3 is 11.1 Å². The first-order valence-electron chi connectivity index (χ1n) is 7.26. The van der Waals surface area contributed by atoms with E-state index in [0.29, 0.717) is 16.6 Å².